The smallest absolute Gasteiger partial charge is 0.293 e. The Morgan fingerprint density at radius 1 is 1.23 bits per heavy atom. The maximum atomic E-state index is 12.1. The van der Waals surface area contributed by atoms with Crippen LogP contribution < -0.4 is 15.8 Å². The van der Waals surface area contributed by atoms with E-state index in [2.05, 4.69) is 20.1 Å². The van der Waals surface area contributed by atoms with Gasteiger partial charge in [-0.3, -0.25) is 9.69 Å². The number of hydrogen-bond donors (Lipinski definition) is 1. The predicted molar refractivity (Wildman–Crippen MR) is 91.0 cm³/mol. The van der Waals surface area contributed by atoms with Crippen LogP contribution in [-0.4, -0.2) is 60.3 Å². The standard InChI is InChI=1S/C15H25N5O.ClH/c1-18-7-6-17-14(15(18)21)20-10-8-19(9-11-20)12-13-2-4-16-5-3-13;/h6-7,13,16H,2-5,8-12H2,1H3;1H. The molecule has 2 aliphatic rings. The number of nitrogens with one attached hydrogen (secondary N) is 1. The average molecular weight is 328 g/mol. The van der Waals surface area contributed by atoms with Gasteiger partial charge in [-0.05, 0) is 31.8 Å². The van der Waals surface area contributed by atoms with Gasteiger partial charge in [0.15, 0.2) is 5.82 Å². The molecule has 22 heavy (non-hydrogen) atoms. The highest BCUT2D eigenvalue weighted by molar-refractivity contribution is 5.85. The molecule has 0 unspecified atom stereocenters. The van der Waals surface area contributed by atoms with Crippen LogP contribution in [-0.2, 0) is 7.05 Å². The van der Waals surface area contributed by atoms with E-state index in [4.69, 9.17) is 0 Å². The lowest BCUT2D eigenvalue weighted by molar-refractivity contribution is 0.196. The third-order valence-electron chi connectivity index (χ3n) is 4.65. The zero-order valence-corrected chi connectivity index (χ0v) is 14.0. The minimum absolute atomic E-state index is 0. The Balaban J connectivity index is 0.00000176. The van der Waals surface area contributed by atoms with Gasteiger partial charge in [0.1, 0.15) is 0 Å². The van der Waals surface area contributed by atoms with Gasteiger partial charge in [0.2, 0.25) is 0 Å². The molecule has 6 nitrogen and oxygen atoms in total. The molecule has 0 radical (unpaired) electrons. The van der Waals surface area contributed by atoms with Crippen LogP contribution in [0.1, 0.15) is 12.8 Å². The van der Waals surface area contributed by atoms with Gasteiger partial charge in [-0.25, -0.2) is 4.98 Å². The number of piperazine rings is 1. The van der Waals surface area contributed by atoms with Crippen LogP contribution >= 0.6 is 12.4 Å². The maximum Gasteiger partial charge on any atom is 0.293 e. The fourth-order valence-electron chi connectivity index (χ4n) is 3.27. The molecule has 0 atom stereocenters. The Kier molecular flexibility index (Phi) is 6.23. The highest BCUT2D eigenvalue weighted by Crippen LogP contribution is 2.15. The van der Waals surface area contributed by atoms with E-state index >= 15 is 0 Å². The van der Waals surface area contributed by atoms with Crippen LogP contribution in [0.25, 0.3) is 0 Å². The lowest BCUT2D eigenvalue weighted by Crippen LogP contribution is -2.50. The highest BCUT2D eigenvalue weighted by Gasteiger charge is 2.23. The molecule has 1 aromatic heterocycles. The maximum absolute atomic E-state index is 12.1. The number of halogens is 1. The van der Waals surface area contributed by atoms with Gasteiger partial charge in [0, 0.05) is 52.2 Å². The highest BCUT2D eigenvalue weighted by atomic mass is 35.5. The van der Waals surface area contributed by atoms with Crippen molar-refractivity contribution in [2.75, 3.05) is 50.7 Å². The topological polar surface area (TPSA) is 53.4 Å². The van der Waals surface area contributed by atoms with Crippen molar-refractivity contribution in [1.29, 1.82) is 0 Å². The van der Waals surface area contributed by atoms with Crippen molar-refractivity contribution in [1.82, 2.24) is 19.8 Å². The molecule has 7 heteroatoms. The molecule has 3 heterocycles. The normalized spacial score (nSPS) is 20.7. The van der Waals surface area contributed by atoms with E-state index in [0.717, 1.165) is 45.2 Å². The minimum Gasteiger partial charge on any atom is -0.349 e. The summed E-state index contributed by atoms with van der Waals surface area (Å²) >= 11 is 0. The molecule has 2 aliphatic heterocycles. The summed E-state index contributed by atoms with van der Waals surface area (Å²) in [5.74, 6) is 1.43. The second-order valence-electron chi connectivity index (χ2n) is 6.15. The molecule has 0 aliphatic carbocycles. The van der Waals surface area contributed by atoms with E-state index in [0.29, 0.717) is 5.82 Å². The molecule has 3 rings (SSSR count). The van der Waals surface area contributed by atoms with E-state index in [-0.39, 0.29) is 18.0 Å². The lowest BCUT2D eigenvalue weighted by atomic mass is 9.97. The quantitative estimate of drug-likeness (QED) is 0.867. The van der Waals surface area contributed by atoms with Gasteiger partial charge in [0.05, 0.1) is 0 Å². The van der Waals surface area contributed by atoms with Crippen molar-refractivity contribution >= 4 is 18.2 Å². The van der Waals surface area contributed by atoms with Gasteiger partial charge >= 0.3 is 0 Å². The Labute approximate surface area is 137 Å². The fraction of sp³-hybridized carbons (Fsp3) is 0.733. The third-order valence-corrected chi connectivity index (χ3v) is 4.65. The monoisotopic (exact) mass is 327 g/mol. The summed E-state index contributed by atoms with van der Waals surface area (Å²) in [6.07, 6.45) is 6.00. The number of hydrogen-bond acceptors (Lipinski definition) is 5. The van der Waals surface area contributed by atoms with Crippen molar-refractivity contribution in [3.05, 3.63) is 22.7 Å². The molecule has 1 aromatic rings. The van der Waals surface area contributed by atoms with Gasteiger partial charge in [-0.15, -0.1) is 12.4 Å². The molecule has 0 aromatic carbocycles. The molecule has 2 fully saturated rings. The van der Waals surface area contributed by atoms with E-state index in [1.165, 1.54) is 19.4 Å². The first-order valence-electron chi connectivity index (χ1n) is 7.93. The van der Waals surface area contributed by atoms with E-state index in [1.54, 1.807) is 24.0 Å². The van der Waals surface area contributed by atoms with Gasteiger partial charge < -0.3 is 14.8 Å². The summed E-state index contributed by atoms with van der Waals surface area (Å²) in [5, 5.41) is 3.42. The molecular formula is C15H26ClN5O. The van der Waals surface area contributed by atoms with Gasteiger partial charge in [-0.1, -0.05) is 0 Å². The Hall–Kier alpha value is -1.11. The Morgan fingerprint density at radius 2 is 1.91 bits per heavy atom. The first-order valence-corrected chi connectivity index (χ1v) is 7.93. The predicted octanol–water partition coefficient (Wildman–Crippen LogP) is 0.324. The Bertz CT molecular complexity index is 521. The number of piperidine rings is 1. The zero-order chi connectivity index (χ0) is 14.7. The number of rotatable bonds is 3. The number of aryl methyl sites for hydroxylation is 1. The summed E-state index contributed by atoms with van der Waals surface area (Å²) < 4.78 is 1.60. The average Bonchev–Trinajstić information content (AvgIpc) is 2.52. The van der Waals surface area contributed by atoms with Crippen LogP contribution in [0.15, 0.2) is 17.2 Å². The number of nitrogens with zero attached hydrogens (tertiary/aromatic N) is 4. The molecule has 2 saturated heterocycles. The fourth-order valence-corrected chi connectivity index (χ4v) is 3.27. The largest absolute Gasteiger partial charge is 0.349 e. The van der Waals surface area contributed by atoms with Crippen LogP contribution in [0.4, 0.5) is 5.82 Å². The minimum atomic E-state index is 0. The first-order chi connectivity index (χ1) is 10.2. The summed E-state index contributed by atoms with van der Waals surface area (Å²) in [6, 6.07) is 0. The lowest BCUT2D eigenvalue weighted by Gasteiger charge is -2.37. The van der Waals surface area contributed by atoms with Crippen molar-refractivity contribution in [2.24, 2.45) is 13.0 Å². The summed E-state index contributed by atoms with van der Waals surface area (Å²) in [6.45, 7) is 7.39. The summed E-state index contributed by atoms with van der Waals surface area (Å²) in [7, 11) is 1.78. The van der Waals surface area contributed by atoms with Crippen molar-refractivity contribution in [2.45, 2.75) is 12.8 Å². The molecule has 124 valence electrons. The van der Waals surface area contributed by atoms with Crippen molar-refractivity contribution in [3.8, 4) is 0 Å². The molecule has 0 saturated carbocycles. The van der Waals surface area contributed by atoms with Crippen molar-refractivity contribution < 1.29 is 0 Å². The second-order valence-corrected chi connectivity index (χ2v) is 6.15. The second kappa shape index (κ2) is 7.94. The third kappa shape index (κ3) is 4.00. The molecule has 1 N–H and O–H groups in total. The SMILES string of the molecule is Cl.Cn1ccnc(N2CCN(CC3CCNCC3)CC2)c1=O. The Morgan fingerprint density at radius 3 is 2.59 bits per heavy atom. The van der Waals surface area contributed by atoms with E-state index in [9.17, 15) is 4.79 Å². The number of anilines is 1. The summed E-state index contributed by atoms with van der Waals surface area (Å²) in [5.41, 5.74) is 0.00399. The van der Waals surface area contributed by atoms with Gasteiger partial charge in [0.25, 0.3) is 5.56 Å². The van der Waals surface area contributed by atoms with E-state index < -0.39 is 0 Å². The zero-order valence-electron chi connectivity index (χ0n) is 13.2. The summed E-state index contributed by atoms with van der Waals surface area (Å²) in [4.78, 5) is 21.0. The molecule has 0 bridgehead atoms. The van der Waals surface area contributed by atoms with Crippen LogP contribution in [0.5, 0.6) is 0 Å². The van der Waals surface area contributed by atoms with Crippen LogP contribution in [0.3, 0.4) is 0 Å². The molecule has 0 spiro atoms. The first kappa shape index (κ1) is 17.2. The van der Waals surface area contributed by atoms with Gasteiger partial charge in [-0.2, -0.15) is 0 Å². The molecular weight excluding hydrogens is 302 g/mol. The van der Waals surface area contributed by atoms with E-state index in [1.807, 2.05) is 0 Å². The molecule has 0 amide bonds. The van der Waals surface area contributed by atoms with Crippen LogP contribution in [0.2, 0.25) is 0 Å². The van der Waals surface area contributed by atoms with Crippen molar-refractivity contribution in [3.63, 3.8) is 0 Å². The number of aromatic nitrogens is 2. The van der Waals surface area contributed by atoms with Crippen LogP contribution in [0, 0.1) is 5.92 Å².